The van der Waals surface area contributed by atoms with Crippen LogP contribution in [0, 0.1) is 5.41 Å². The fourth-order valence-corrected chi connectivity index (χ4v) is 1.61. The van der Waals surface area contributed by atoms with Crippen molar-refractivity contribution in [2.75, 3.05) is 31.8 Å². The first-order valence-corrected chi connectivity index (χ1v) is 6.11. The molecule has 1 rings (SSSR count). The highest BCUT2D eigenvalue weighted by molar-refractivity contribution is 5.95. The van der Waals surface area contributed by atoms with Crippen molar-refractivity contribution in [3.8, 4) is 0 Å². The van der Waals surface area contributed by atoms with Crippen LogP contribution in [0.15, 0.2) is 12.3 Å². The van der Waals surface area contributed by atoms with Gasteiger partial charge >= 0.3 is 5.97 Å². The van der Waals surface area contributed by atoms with Gasteiger partial charge in [-0.15, -0.1) is 0 Å². The van der Waals surface area contributed by atoms with Crippen LogP contribution in [0.1, 0.15) is 24.2 Å². The van der Waals surface area contributed by atoms with Gasteiger partial charge in [-0.2, -0.15) is 0 Å². The highest BCUT2D eigenvalue weighted by Gasteiger charge is 2.27. The highest BCUT2D eigenvalue weighted by Crippen LogP contribution is 2.20. The largest absolute Gasteiger partial charge is 0.465 e. The first kappa shape index (κ1) is 15.7. The lowest BCUT2D eigenvalue weighted by Crippen LogP contribution is -2.39. The number of rotatable bonds is 5. The van der Waals surface area contributed by atoms with Crippen LogP contribution in [0.4, 0.5) is 11.5 Å². The van der Waals surface area contributed by atoms with Gasteiger partial charge in [-0.25, -0.2) is 9.78 Å². The lowest BCUT2D eigenvalue weighted by atomic mass is 9.92. The van der Waals surface area contributed by atoms with Crippen LogP contribution >= 0.6 is 0 Å². The minimum atomic E-state index is -0.648. The number of carbonyl (C=O) groups is 2. The second-order valence-corrected chi connectivity index (χ2v) is 4.97. The Hall–Kier alpha value is -2.31. The number of carbonyl (C=O) groups excluding carboxylic acids is 2. The van der Waals surface area contributed by atoms with Crippen molar-refractivity contribution in [1.29, 1.82) is 0 Å². The van der Waals surface area contributed by atoms with Crippen molar-refractivity contribution in [2.24, 2.45) is 5.41 Å². The smallest absolute Gasteiger partial charge is 0.341 e. The van der Waals surface area contributed by atoms with Crippen LogP contribution in [-0.2, 0) is 9.53 Å². The molecule has 1 heterocycles. The van der Waals surface area contributed by atoms with Crippen molar-refractivity contribution in [2.45, 2.75) is 13.8 Å². The molecule has 7 nitrogen and oxygen atoms in total. The summed E-state index contributed by atoms with van der Waals surface area (Å²) in [6.45, 7) is 3.88. The van der Waals surface area contributed by atoms with Gasteiger partial charge in [0.25, 0.3) is 0 Å². The average Bonchev–Trinajstić information content (AvgIpc) is 2.44. The molecule has 0 fully saturated rings. The molecule has 7 heteroatoms. The summed E-state index contributed by atoms with van der Waals surface area (Å²) in [5, 5.41) is 5.57. The van der Waals surface area contributed by atoms with Gasteiger partial charge in [0.15, 0.2) is 0 Å². The molecule has 0 radical (unpaired) electrons. The van der Waals surface area contributed by atoms with E-state index < -0.39 is 11.4 Å². The summed E-state index contributed by atoms with van der Waals surface area (Å²) in [6.07, 6.45) is 1.43. The Morgan fingerprint density at radius 2 is 2.10 bits per heavy atom. The molecule has 0 bridgehead atoms. The summed E-state index contributed by atoms with van der Waals surface area (Å²) < 4.78 is 4.68. The van der Waals surface area contributed by atoms with Gasteiger partial charge in [-0.05, 0) is 19.9 Å². The number of hydrogen-bond donors (Lipinski definition) is 3. The van der Waals surface area contributed by atoms with Crippen LogP contribution in [-0.4, -0.2) is 37.6 Å². The molecule has 0 unspecified atom stereocenters. The van der Waals surface area contributed by atoms with E-state index in [4.69, 9.17) is 5.73 Å². The van der Waals surface area contributed by atoms with E-state index in [1.807, 2.05) is 0 Å². The van der Waals surface area contributed by atoms with Crippen LogP contribution in [0.3, 0.4) is 0 Å². The summed E-state index contributed by atoms with van der Waals surface area (Å²) in [4.78, 5) is 27.4. The summed E-state index contributed by atoms with van der Waals surface area (Å²) >= 11 is 0. The van der Waals surface area contributed by atoms with Gasteiger partial charge in [-0.3, -0.25) is 4.79 Å². The molecule has 0 saturated heterocycles. The monoisotopic (exact) mass is 280 g/mol. The number of methoxy groups -OCH3 is 1. The van der Waals surface area contributed by atoms with Crippen molar-refractivity contribution in [1.82, 2.24) is 10.3 Å². The first-order chi connectivity index (χ1) is 9.31. The van der Waals surface area contributed by atoms with Gasteiger partial charge in [-0.1, -0.05) is 0 Å². The number of nitrogens with zero attached hydrogens (tertiary/aromatic N) is 1. The van der Waals surface area contributed by atoms with Gasteiger partial charge in [0.2, 0.25) is 5.91 Å². The van der Waals surface area contributed by atoms with E-state index in [0.29, 0.717) is 18.1 Å². The van der Waals surface area contributed by atoms with Gasteiger partial charge in [0.05, 0.1) is 24.4 Å². The molecule has 110 valence electrons. The third kappa shape index (κ3) is 3.59. The zero-order valence-corrected chi connectivity index (χ0v) is 12.1. The van der Waals surface area contributed by atoms with Crippen LogP contribution < -0.4 is 16.4 Å². The SMILES string of the molecule is CNC(=O)C(C)(C)CNc1ncc(N)cc1C(=O)OC. The molecule has 20 heavy (non-hydrogen) atoms. The topological polar surface area (TPSA) is 106 Å². The summed E-state index contributed by atoms with van der Waals surface area (Å²) in [5.41, 5.74) is 5.56. The van der Waals surface area contributed by atoms with Crippen molar-refractivity contribution >= 4 is 23.4 Å². The summed E-state index contributed by atoms with van der Waals surface area (Å²) in [7, 11) is 2.86. The number of esters is 1. The Labute approximate surface area is 117 Å². The Balaban J connectivity index is 2.93. The molecule has 1 amide bonds. The van der Waals surface area contributed by atoms with E-state index in [1.54, 1.807) is 20.9 Å². The molecule has 4 N–H and O–H groups in total. The Morgan fingerprint density at radius 3 is 2.65 bits per heavy atom. The molecular weight excluding hydrogens is 260 g/mol. The van der Waals surface area contributed by atoms with E-state index >= 15 is 0 Å². The van der Waals surface area contributed by atoms with E-state index in [9.17, 15) is 9.59 Å². The molecule has 1 aromatic heterocycles. The summed E-state index contributed by atoms with van der Waals surface area (Å²) in [5.74, 6) is -0.312. The lowest BCUT2D eigenvalue weighted by Gasteiger charge is -2.23. The molecule has 0 saturated carbocycles. The number of nitrogens with one attached hydrogen (secondary N) is 2. The number of pyridine rings is 1. The second kappa shape index (κ2) is 6.23. The highest BCUT2D eigenvalue weighted by atomic mass is 16.5. The van der Waals surface area contributed by atoms with Crippen LogP contribution in [0.5, 0.6) is 0 Å². The fourth-order valence-electron chi connectivity index (χ4n) is 1.61. The van der Waals surface area contributed by atoms with Gasteiger partial charge in [0, 0.05) is 13.6 Å². The predicted molar refractivity (Wildman–Crippen MR) is 76.3 cm³/mol. The number of ether oxygens (including phenoxy) is 1. The number of hydrogen-bond acceptors (Lipinski definition) is 6. The molecule has 0 aliphatic heterocycles. The number of anilines is 2. The standard InChI is InChI=1S/C13H20N4O3/c1-13(2,12(19)15-3)7-17-10-9(11(18)20-4)5-8(14)6-16-10/h5-6H,7,14H2,1-4H3,(H,15,19)(H,16,17). The van der Waals surface area contributed by atoms with E-state index in [0.717, 1.165) is 0 Å². The molecule has 0 aliphatic rings. The molecule has 0 spiro atoms. The first-order valence-electron chi connectivity index (χ1n) is 6.11. The molecule has 0 aliphatic carbocycles. The minimum absolute atomic E-state index is 0.111. The van der Waals surface area contributed by atoms with Gasteiger partial charge < -0.3 is 21.1 Å². The fraction of sp³-hybridized carbons (Fsp3) is 0.462. The van der Waals surface area contributed by atoms with Crippen molar-refractivity contribution in [3.63, 3.8) is 0 Å². The van der Waals surface area contributed by atoms with Crippen molar-refractivity contribution in [3.05, 3.63) is 17.8 Å². The van der Waals surface area contributed by atoms with Crippen LogP contribution in [0.25, 0.3) is 0 Å². The number of aromatic nitrogens is 1. The average molecular weight is 280 g/mol. The van der Waals surface area contributed by atoms with E-state index in [1.165, 1.54) is 19.4 Å². The lowest BCUT2D eigenvalue weighted by molar-refractivity contribution is -0.128. The minimum Gasteiger partial charge on any atom is -0.465 e. The predicted octanol–water partition coefficient (Wildman–Crippen LogP) is 0.634. The number of nitrogens with two attached hydrogens (primary N) is 1. The molecule has 0 atom stereocenters. The van der Waals surface area contributed by atoms with Gasteiger partial charge in [0.1, 0.15) is 11.4 Å². The normalized spacial score (nSPS) is 10.8. The quantitative estimate of drug-likeness (QED) is 0.683. The Bertz CT molecular complexity index is 514. The van der Waals surface area contributed by atoms with E-state index in [-0.39, 0.29) is 11.5 Å². The third-order valence-corrected chi connectivity index (χ3v) is 2.85. The Kier molecular flexibility index (Phi) is 4.90. The maximum absolute atomic E-state index is 11.7. The molecule has 0 aromatic carbocycles. The maximum Gasteiger partial charge on any atom is 0.341 e. The van der Waals surface area contributed by atoms with Crippen molar-refractivity contribution < 1.29 is 14.3 Å². The van der Waals surface area contributed by atoms with Crippen LogP contribution in [0.2, 0.25) is 0 Å². The second-order valence-electron chi connectivity index (χ2n) is 4.97. The summed E-state index contributed by atoms with van der Waals surface area (Å²) in [6, 6.07) is 1.48. The number of nitrogen functional groups attached to an aromatic ring is 1. The molecular formula is C13H20N4O3. The maximum atomic E-state index is 11.7. The zero-order chi connectivity index (χ0) is 15.3. The Morgan fingerprint density at radius 1 is 1.45 bits per heavy atom. The number of amides is 1. The molecule has 1 aromatic rings. The zero-order valence-electron chi connectivity index (χ0n) is 12.1. The third-order valence-electron chi connectivity index (χ3n) is 2.85. The van der Waals surface area contributed by atoms with E-state index in [2.05, 4.69) is 20.4 Å².